The zero-order valence-corrected chi connectivity index (χ0v) is 11.4. The number of primary amides is 1. The van der Waals surface area contributed by atoms with Gasteiger partial charge in [0, 0.05) is 5.02 Å². The molecule has 3 N–H and O–H groups in total. The summed E-state index contributed by atoms with van der Waals surface area (Å²) in [4.78, 5) is 23.6. The van der Waals surface area contributed by atoms with Crippen molar-refractivity contribution in [1.82, 2.24) is 4.90 Å². The molecule has 2 rings (SSSR count). The first-order chi connectivity index (χ1) is 9.47. The number of benzene rings is 1. The van der Waals surface area contributed by atoms with Crippen LogP contribution in [0.5, 0.6) is 0 Å². The van der Waals surface area contributed by atoms with Crippen LogP contribution in [0.1, 0.15) is 5.56 Å². The van der Waals surface area contributed by atoms with Crippen LogP contribution < -0.4 is 5.73 Å². The number of hydrogen-bond acceptors (Lipinski definition) is 3. The van der Waals surface area contributed by atoms with Crippen molar-refractivity contribution in [3.05, 3.63) is 34.9 Å². The van der Waals surface area contributed by atoms with E-state index in [0.29, 0.717) is 11.4 Å². The predicted octanol–water partition coefficient (Wildman–Crippen LogP) is 1.12. The molecule has 0 unspecified atom stereocenters. The zero-order chi connectivity index (χ0) is 14.7. The van der Waals surface area contributed by atoms with Crippen molar-refractivity contribution in [2.75, 3.05) is 13.2 Å². The van der Waals surface area contributed by atoms with Crippen LogP contribution in [0.15, 0.2) is 24.3 Å². The van der Waals surface area contributed by atoms with Crippen LogP contribution in [0.2, 0.25) is 5.02 Å². The summed E-state index contributed by atoms with van der Waals surface area (Å²) < 4.78 is 5.32. The molecule has 0 radical (unpaired) electrons. The van der Waals surface area contributed by atoms with Crippen LogP contribution in [-0.4, -0.2) is 47.3 Å². The maximum atomic E-state index is 11.3. The molecule has 0 bridgehead atoms. The van der Waals surface area contributed by atoms with Crippen LogP contribution >= 0.6 is 11.6 Å². The van der Waals surface area contributed by atoms with Crippen molar-refractivity contribution < 1.29 is 19.4 Å². The summed E-state index contributed by atoms with van der Waals surface area (Å²) in [5.74, 6) is -0.652. The summed E-state index contributed by atoms with van der Waals surface area (Å²) in [5, 5.41) is 9.85. The lowest BCUT2D eigenvalue weighted by Crippen LogP contribution is -2.56. The normalized spacial score (nSPS) is 22.6. The number of ether oxygens (including phenoxy) is 1. The summed E-state index contributed by atoms with van der Waals surface area (Å²) in [7, 11) is 0. The predicted molar refractivity (Wildman–Crippen MR) is 72.6 cm³/mol. The van der Waals surface area contributed by atoms with E-state index < -0.39 is 18.1 Å². The molecule has 7 heteroatoms. The molecular formula is C13H15ClN2O4. The van der Waals surface area contributed by atoms with Gasteiger partial charge < -0.3 is 15.6 Å². The summed E-state index contributed by atoms with van der Waals surface area (Å²) >= 11 is 5.81. The lowest BCUT2D eigenvalue weighted by Gasteiger charge is -2.36. The van der Waals surface area contributed by atoms with E-state index in [0.717, 1.165) is 5.56 Å². The molecule has 6 nitrogen and oxygen atoms in total. The molecule has 1 heterocycles. The Balaban J connectivity index is 2.08. The number of carbonyl (C=O) groups excluding carboxylic acids is 1. The van der Waals surface area contributed by atoms with E-state index in [1.54, 1.807) is 12.1 Å². The van der Waals surface area contributed by atoms with E-state index >= 15 is 0 Å². The Labute approximate surface area is 121 Å². The van der Waals surface area contributed by atoms with Crippen molar-refractivity contribution in [1.29, 1.82) is 0 Å². The van der Waals surface area contributed by atoms with E-state index in [2.05, 4.69) is 0 Å². The summed E-state index contributed by atoms with van der Waals surface area (Å²) in [6.45, 7) is 0.103. The molecule has 108 valence electrons. The van der Waals surface area contributed by atoms with E-state index in [4.69, 9.17) is 22.1 Å². The van der Waals surface area contributed by atoms with Crippen LogP contribution in [0, 0.1) is 0 Å². The molecule has 2 atom stereocenters. The zero-order valence-electron chi connectivity index (χ0n) is 10.7. The van der Waals surface area contributed by atoms with Crippen molar-refractivity contribution in [2.24, 2.45) is 5.73 Å². The molecular weight excluding hydrogens is 284 g/mol. The number of morpholine rings is 1. The monoisotopic (exact) mass is 298 g/mol. The standard InChI is InChI=1S/C13H15ClN2O4/c14-9-3-1-8(2-4-9)5-10-7-20-11(12(15)17)6-16(10)13(18)19/h1-4,10-11H,5-7H2,(H2,15,17)(H,18,19)/t10-,11+/m0/s1. The Morgan fingerprint density at radius 2 is 2.05 bits per heavy atom. The Bertz CT molecular complexity index is 506. The van der Waals surface area contributed by atoms with Crippen molar-refractivity contribution >= 4 is 23.6 Å². The van der Waals surface area contributed by atoms with Crippen LogP contribution in [0.25, 0.3) is 0 Å². The number of nitrogens with two attached hydrogens (primary N) is 1. The Hall–Kier alpha value is -1.79. The minimum Gasteiger partial charge on any atom is -0.465 e. The van der Waals surface area contributed by atoms with Crippen molar-refractivity contribution in [3.8, 4) is 0 Å². The quantitative estimate of drug-likeness (QED) is 0.874. The molecule has 1 aromatic rings. The molecule has 0 saturated carbocycles. The van der Waals surface area contributed by atoms with Gasteiger partial charge in [0.15, 0.2) is 6.10 Å². The third kappa shape index (κ3) is 3.40. The number of carboxylic acid groups (broad SMARTS) is 1. The molecule has 0 aliphatic carbocycles. The fourth-order valence-corrected chi connectivity index (χ4v) is 2.29. The molecule has 1 fully saturated rings. The number of nitrogens with zero attached hydrogens (tertiary/aromatic N) is 1. The number of carbonyl (C=O) groups is 2. The van der Waals surface area contributed by atoms with E-state index in [1.165, 1.54) is 4.90 Å². The molecule has 1 aromatic carbocycles. The van der Waals surface area contributed by atoms with Crippen molar-refractivity contribution in [3.63, 3.8) is 0 Å². The first kappa shape index (κ1) is 14.6. The molecule has 2 amide bonds. The van der Waals surface area contributed by atoms with Gasteiger partial charge in [-0.3, -0.25) is 9.69 Å². The van der Waals surface area contributed by atoms with Gasteiger partial charge in [-0.05, 0) is 24.1 Å². The highest BCUT2D eigenvalue weighted by molar-refractivity contribution is 6.30. The minimum atomic E-state index is -1.08. The summed E-state index contributed by atoms with van der Waals surface area (Å²) in [6.07, 6.45) is -1.47. The SMILES string of the molecule is NC(=O)[C@H]1CN(C(=O)O)[C@@H](Cc2ccc(Cl)cc2)CO1. The minimum absolute atomic E-state index is 0.0388. The van der Waals surface area contributed by atoms with Gasteiger partial charge in [-0.15, -0.1) is 0 Å². The molecule has 1 saturated heterocycles. The van der Waals surface area contributed by atoms with Crippen LogP contribution in [-0.2, 0) is 16.0 Å². The van der Waals surface area contributed by atoms with Crippen molar-refractivity contribution in [2.45, 2.75) is 18.6 Å². The highest BCUT2D eigenvalue weighted by Crippen LogP contribution is 2.18. The molecule has 1 aliphatic heterocycles. The van der Waals surface area contributed by atoms with Gasteiger partial charge in [0.1, 0.15) is 0 Å². The topological polar surface area (TPSA) is 92.9 Å². The maximum absolute atomic E-state index is 11.3. The maximum Gasteiger partial charge on any atom is 0.407 e. The number of rotatable bonds is 3. The third-order valence-electron chi connectivity index (χ3n) is 3.24. The van der Waals surface area contributed by atoms with Gasteiger partial charge in [-0.25, -0.2) is 4.79 Å². The van der Waals surface area contributed by atoms with E-state index in [9.17, 15) is 14.7 Å². The Morgan fingerprint density at radius 3 is 2.60 bits per heavy atom. The highest BCUT2D eigenvalue weighted by atomic mass is 35.5. The smallest absolute Gasteiger partial charge is 0.407 e. The van der Waals surface area contributed by atoms with Gasteiger partial charge in [0.05, 0.1) is 19.2 Å². The van der Waals surface area contributed by atoms with Crippen LogP contribution in [0.3, 0.4) is 0 Å². The first-order valence-corrected chi connectivity index (χ1v) is 6.50. The van der Waals surface area contributed by atoms with E-state index in [-0.39, 0.29) is 19.2 Å². The van der Waals surface area contributed by atoms with Gasteiger partial charge >= 0.3 is 6.09 Å². The summed E-state index contributed by atoms with van der Waals surface area (Å²) in [5.41, 5.74) is 6.10. The lowest BCUT2D eigenvalue weighted by molar-refractivity contribution is -0.137. The molecule has 20 heavy (non-hydrogen) atoms. The lowest BCUT2D eigenvalue weighted by atomic mass is 10.0. The third-order valence-corrected chi connectivity index (χ3v) is 3.49. The van der Waals surface area contributed by atoms with E-state index in [1.807, 2.05) is 12.1 Å². The van der Waals surface area contributed by atoms with Gasteiger partial charge in [0.2, 0.25) is 5.91 Å². The Kier molecular flexibility index (Phi) is 4.46. The van der Waals surface area contributed by atoms with Gasteiger partial charge in [-0.1, -0.05) is 23.7 Å². The van der Waals surface area contributed by atoms with Gasteiger partial charge in [0.25, 0.3) is 0 Å². The number of amides is 2. The second kappa shape index (κ2) is 6.11. The largest absolute Gasteiger partial charge is 0.465 e. The second-order valence-electron chi connectivity index (χ2n) is 4.64. The fraction of sp³-hybridized carbons (Fsp3) is 0.385. The molecule has 1 aliphatic rings. The van der Waals surface area contributed by atoms with Crippen LogP contribution in [0.4, 0.5) is 4.79 Å². The fourth-order valence-electron chi connectivity index (χ4n) is 2.17. The molecule has 0 spiro atoms. The Morgan fingerprint density at radius 1 is 1.40 bits per heavy atom. The highest BCUT2D eigenvalue weighted by Gasteiger charge is 2.34. The average molecular weight is 299 g/mol. The van der Waals surface area contributed by atoms with Gasteiger partial charge in [-0.2, -0.15) is 0 Å². The average Bonchev–Trinajstić information content (AvgIpc) is 2.41. The second-order valence-corrected chi connectivity index (χ2v) is 5.08. The molecule has 0 aromatic heterocycles. The first-order valence-electron chi connectivity index (χ1n) is 6.12. The number of hydrogen-bond donors (Lipinski definition) is 2. The summed E-state index contributed by atoms with van der Waals surface area (Å²) in [6, 6.07) is 6.82. The number of halogens is 1.